The smallest absolute Gasteiger partial charge is 0.164 e. The van der Waals surface area contributed by atoms with E-state index in [2.05, 4.69) is 133 Å². The summed E-state index contributed by atoms with van der Waals surface area (Å²) in [4.78, 5) is 19.8. The van der Waals surface area contributed by atoms with E-state index in [0.717, 1.165) is 44.4 Å². The van der Waals surface area contributed by atoms with Gasteiger partial charge in [-0.2, -0.15) is 0 Å². The number of rotatable bonds is 6. The van der Waals surface area contributed by atoms with Crippen molar-refractivity contribution in [2.45, 2.75) is 0 Å². The molecule has 0 unspecified atom stereocenters. The van der Waals surface area contributed by atoms with Gasteiger partial charge >= 0.3 is 0 Å². The number of para-hydroxylation sites is 1. The largest absolute Gasteiger partial charge is 0.247 e. The summed E-state index contributed by atoms with van der Waals surface area (Å²) in [5.74, 6) is 1.95. The third kappa shape index (κ3) is 5.67. The van der Waals surface area contributed by atoms with Gasteiger partial charge in [0.15, 0.2) is 17.5 Å². The minimum Gasteiger partial charge on any atom is -0.247 e. The van der Waals surface area contributed by atoms with Crippen molar-refractivity contribution < 1.29 is 0 Å². The molecule has 2 heterocycles. The van der Waals surface area contributed by atoms with Crippen molar-refractivity contribution in [3.63, 3.8) is 0 Å². The first-order valence-corrected chi connectivity index (χ1v) is 18.1. The Hall–Kier alpha value is -7.30. The molecule has 8 aromatic carbocycles. The van der Waals surface area contributed by atoms with Crippen molar-refractivity contribution in [2.75, 3.05) is 0 Å². The summed E-state index contributed by atoms with van der Waals surface area (Å²) in [5, 5.41) is 5.97. The van der Waals surface area contributed by atoms with Crippen molar-refractivity contribution in [3.05, 3.63) is 194 Å². The van der Waals surface area contributed by atoms with Gasteiger partial charge in [0.1, 0.15) is 0 Å². The number of aromatic nitrogens is 4. The Labute approximate surface area is 313 Å². The Morgan fingerprint density at radius 2 is 0.611 bits per heavy atom. The zero-order chi connectivity index (χ0) is 35.8. The number of nitrogens with zero attached hydrogens (tertiary/aromatic N) is 4. The van der Waals surface area contributed by atoms with Crippen LogP contribution in [0.25, 0.3) is 100 Å². The third-order valence-corrected chi connectivity index (χ3v) is 10.2. The Kier molecular flexibility index (Phi) is 7.77. The van der Waals surface area contributed by atoms with Crippen LogP contribution in [0.5, 0.6) is 0 Å². The van der Waals surface area contributed by atoms with Crippen LogP contribution in [0.4, 0.5) is 0 Å². The van der Waals surface area contributed by atoms with Gasteiger partial charge in [0.05, 0.1) is 11.2 Å². The highest BCUT2D eigenvalue weighted by Crippen LogP contribution is 2.38. The van der Waals surface area contributed by atoms with Crippen LogP contribution < -0.4 is 0 Å². The van der Waals surface area contributed by atoms with Crippen LogP contribution in [-0.2, 0) is 0 Å². The molecule has 0 aliphatic carbocycles. The summed E-state index contributed by atoms with van der Waals surface area (Å²) in [6.07, 6.45) is 0. The number of hydrogen-bond donors (Lipinski definition) is 0. The van der Waals surface area contributed by atoms with Gasteiger partial charge in [-0.05, 0) is 44.5 Å². The van der Waals surface area contributed by atoms with Crippen molar-refractivity contribution in [1.82, 2.24) is 19.9 Å². The van der Waals surface area contributed by atoms with E-state index in [0.29, 0.717) is 17.5 Å². The second-order valence-electron chi connectivity index (χ2n) is 13.4. The molecule has 2 aromatic heterocycles. The van der Waals surface area contributed by atoms with Crippen molar-refractivity contribution in [3.8, 4) is 67.7 Å². The molecular formula is C50H32N4. The van der Waals surface area contributed by atoms with E-state index in [9.17, 15) is 0 Å². The van der Waals surface area contributed by atoms with E-state index >= 15 is 0 Å². The highest BCUT2D eigenvalue weighted by atomic mass is 15.0. The molecular weight excluding hydrogens is 657 g/mol. The van der Waals surface area contributed by atoms with Crippen LogP contribution in [0.1, 0.15) is 0 Å². The van der Waals surface area contributed by atoms with Crippen molar-refractivity contribution in [1.29, 1.82) is 0 Å². The second-order valence-corrected chi connectivity index (χ2v) is 13.4. The quantitative estimate of drug-likeness (QED) is 0.163. The predicted molar refractivity (Wildman–Crippen MR) is 223 cm³/mol. The monoisotopic (exact) mass is 688 g/mol. The summed E-state index contributed by atoms with van der Waals surface area (Å²) in [6.45, 7) is 0. The van der Waals surface area contributed by atoms with Crippen LogP contribution in [-0.4, -0.2) is 19.9 Å². The van der Waals surface area contributed by atoms with Gasteiger partial charge in [0.2, 0.25) is 0 Å². The topological polar surface area (TPSA) is 51.6 Å². The van der Waals surface area contributed by atoms with Gasteiger partial charge < -0.3 is 0 Å². The van der Waals surface area contributed by atoms with Crippen molar-refractivity contribution >= 4 is 32.4 Å². The van der Waals surface area contributed by atoms with Crippen LogP contribution in [0.3, 0.4) is 0 Å². The van der Waals surface area contributed by atoms with Gasteiger partial charge in [-0.15, -0.1) is 0 Å². The highest BCUT2D eigenvalue weighted by Gasteiger charge is 2.15. The molecule has 10 aromatic rings. The first kappa shape index (κ1) is 31.4. The Morgan fingerprint density at radius 3 is 1.15 bits per heavy atom. The summed E-state index contributed by atoms with van der Waals surface area (Å²) in [6, 6.07) is 67.6. The number of fused-ring (bicyclic) bond motifs is 4. The molecule has 0 bridgehead atoms. The lowest BCUT2D eigenvalue weighted by Crippen LogP contribution is -2.00. The first-order valence-electron chi connectivity index (χ1n) is 18.1. The normalized spacial score (nSPS) is 11.3. The Balaban J connectivity index is 1.00. The molecule has 54 heavy (non-hydrogen) atoms. The van der Waals surface area contributed by atoms with Gasteiger partial charge in [-0.1, -0.05) is 188 Å². The maximum atomic E-state index is 5.12. The maximum absolute atomic E-state index is 5.12. The van der Waals surface area contributed by atoms with Crippen LogP contribution in [0.2, 0.25) is 0 Å². The summed E-state index contributed by atoms with van der Waals surface area (Å²) in [7, 11) is 0. The first-order chi connectivity index (χ1) is 26.8. The number of benzene rings is 8. The molecule has 4 heteroatoms. The lowest BCUT2D eigenvalue weighted by Gasteiger charge is -2.13. The van der Waals surface area contributed by atoms with E-state index in [-0.39, 0.29) is 0 Å². The standard InChI is InChI=1S/C50H32N4/c1-3-13-36(14-4-1)48-52-49(37-15-5-2-6-16-37)54-50(53-48)38-31-27-34(28-32-38)40-21-12-22-41-39(20-11-23-42(40)41)33-25-29-35(30-26-33)47-45-19-8-7-17-43(45)44-18-9-10-24-46(44)51-47/h1-32H. The fourth-order valence-electron chi connectivity index (χ4n) is 7.48. The average molecular weight is 689 g/mol. The lowest BCUT2D eigenvalue weighted by atomic mass is 9.92. The van der Waals surface area contributed by atoms with E-state index in [1.54, 1.807) is 0 Å². The molecule has 252 valence electrons. The minimum absolute atomic E-state index is 0.643. The Morgan fingerprint density at radius 1 is 0.222 bits per heavy atom. The van der Waals surface area contributed by atoms with Gasteiger partial charge in [-0.3, -0.25) is 0 Å². The van der Waals surface area contributed by atoms with Gasteiger partial charge in [-0.25, -0.2) is 19.9 Å². The fraction of sp³-hybridized carbons (Fsp3) is 0. The zero-order valence-electron chi connectivity index (χ0n) is 29.3. The van der Waals surface area contributed by atoms with E-state index in [1.807, 2.05) is 60.7 Å². The molecule has 0 saturated carbocycles. The third-order valence-electron chi connectivity index (χ3n) is 10.2. The van der Waals surface area contributed by atoms with E-state index in [4.69, 9.17) is 19.9 Å². The second kappa shape index (κ2) is 13.4. The van der Waals surface area contributed by atoms with Crippen LogP contribution in [0, 0.1) is 0 Å². The molecule has 0 spiro atoms. The maximum Gasteiger partial charge on any atom is 0.164 e. The minimum atomic E-state index is 0.643. The molecule has 0 radical (unpaired) electrons. The number of pyridine rings is 1. The zero-order valence-corrected chi connectivity index (χ0v) is 29.3. The molecule has 0 N–H and O–H groups in total. The highest BCUT2D eigenvalue weighted by molar-refractivity contribution is 6.11. The van der Waals surface area contributed by atoms with Gasteiger partial charge in [0, 0.05) is 33.0 Å². The predicted octanol–water partition coefficient (Wildman–Crippen LogP) is 12.7. The molecule has 0 saturated heterocycles. The molecule has 0 atom stereocenters. The van der Waals surface area contributed by atoms with E-state index < -0.39 is 0 Å². The molecule has 10 rings (SSSR count). The van der Waals surface area contributed by atoms with Gasteiger partial charge in [0.25, 0.3) is 0 Å². The van der Waals surface area contributed by atoms with Crippen molar-refractivity contribution in [2.24, 2.45) is 0 Å². The SMILES string of the molecule is c1ccc(-c2nc(-c3ccccc3)nc(-c3ccc(-c4cccc5c(-c6ccc(-c7nc8ccccc8c8ccccc78)cc6)cccc45)cc3)n2)cc1. The molecule has 0 aliphatic heterocycles. The molecule has 0 fully saturated rings. The fourth-order valence-corrected chi connectivity index (χ4v) is 7.48. The van der Waals surface area contributed by atoms with E-state index in [1.165, 1.54) is 38.2 Å². The summed E-state index contributed by atoms with van der Waals surface area (Å²) < 4.78 is 0. The Bertz CT molecular complexity index is 2900. The molecule has 4 nitrogen and oxygen atoms in total. The lowest BCUT2D eigenvalue weighted by molar-refractivity contribution is 1.07. The summed E-state index contributed by atoms with van der Waals surface area (Å²) in [5.41, 5.74) is 10.6. The van der Waals surface area contributed by atoms with Crippen LogP contribution in [0.15, 0.2) is 194 Å². The summed E-state index contributed by atoms with van der Waals surface area (Å²) >= 11 is 0. The van der Waals surface area contributed by atoms with Crippen LogP contribution >= 0.6 is 0 Å². The average Bonchev–Trinajstić information content (AvgIpc) is 3.26. The molecule has 0 amide bonds. The molecule has 0 aliphatic rings. The number of hydrogen-bond acceptors (Lipinski definition) is 4.